The van der Waals surface area contributed by atoms with E-state index in [9.17, 15) is 0 Å². The third-order valence-corrected chi connectivity index (χ3v) is 9.64. The molecule has 0 N–H and O–H groups in total. The molecule has 2 heterocycles. The van der Waals surface area contributed by atoms with Crippen LogP contribution in [0.5, 0.6) is 23.0 Å². The molecule has 0 atom stereocenters. The molecule has 0 saturated carbocycles. The van der Waals surface area contributed by atoms with Crippen molar-refractivity contribution in [1.82, 2.24) is 0 Å². The van der Waals surface area contributed by atoms with Crippen molar-refractivity contribution in [2.24, 2.45) is 0 Å². The monoisotopic (exact) mass is 581 g/mol. The first kappa shape index (κ1) is 26.2. The van der Waals surface area contributed by atoms with Crippen molar-refractivity contribution in [3.8, 4) is 34.1 Å². The lowest BCUT2D eigenvalue weighted by molar-refractivity contribution is 0.465. The summed E-state index contributed by atoms with van der Waals surface area (Å²) in [6.07, 6.45) is 4.68. The van der Waals surface area contributed by atoms with Crippen molar-refractivity contribution in [2.75, 3.05) is 4.90 Å². The third kappa shape index (κ3) is 4.28. The molecule has 6 aromatic carbocycles. The number of fused-ring (bicyclic) bond motifs is 5. The van der Waals surface area contributed by atoms with Gasteiger partial charge in [0.05, 0.1) is 11.4 Å². The molecule has 0 aromatic heterocycles. The van der Waals surface area contributed by atoms with Gasteiger partial charge in [-0.1, -0.05) is 90.5 Å². The first-order chi connectivity index (χ1) is 22.2. The Hall–Kier alpha value is -5.22. The average molecular weight is 582 g/mol. The van der Waals surface area contributed by atoms with Crippen molar-refractivity contribution in [1.29, 1.82) is 0 Å². The lowest BCUT2D eigenvalue weighted by Crippen LogP contribution is -2.57. The Morgan fingerprint density at radius 3 is 1.89 bits per heavy atom. The molecule has 3 nitrogen and oxygen atoms in total. The van der Waals surface area contributed by atoms with Gasteiger partial charge in [0.15, 0.2) is 0 Å². The molecular formula is C41H32BNO2. The molecule has 0 radical (unpaired) electrons. The van der Waals surface area contributed by atoms with Crippen molar-refractivity contribution in [2.45, 2.75) is 32.6 Å². The summed E-state index contributed by atoms with van der Waals surface area (Å²) >= 11 is 0. The minimum Gasteiger partial charge on any atom is -0.458 e. The van der Waals surface area contributed by atoms with Gasteiger partial charge >= 0.3 is 0 Å². The maximum Gasteiger partial charge on any atom is 0.260 e. The van der Waals surface area contributed by atoms with E-state index in [0.717, 1.165) is 52.7 Å². The number of ether oxygens (including phenoxy) is 2. The van der Waals surface area contributed by atoms with Crippen LogP contribution < -0.4 is 30.8 Å². The highest BCUT2D eigenvalue weighted by atomic mass is 16.5. The Labute approximate surface area is 264 Å². The van der Waals surface area contributed by atoms with Crippen molar-refractivity contribution in [3.05, 3.63) is 144 Å². The van der Waals surface area contributed by atoms with Crippen LogP contribution in [0, 0.1) is 6.92 Å². The van der Waals surface area contributed by atoms with Crippen LogP contribution in [-0.2, 0) is 12.8 Å². The summed E-state index contributed by atoms with van der Waals surface area (Å²) in [5.41, 5.74) is 13.5. The highest BCUT2D eigenvalue weighted by molar-refractivity contribution is 6.98. The summed E-state index contributed by atoms with van der Waals surface area (Å²) in [6, 6.07) is 45.7. The van der Waals surface area contributed by atoms with E-state index in [4.69, 9.17) is 9.47 Å². The number of aryl methyl sites for hydroxylation is 2. The second-order valence-electron chi connectivity index (χ2n) is 12.4. The molecule has 0 saturated heterocycles. The van der Waals surface area contributed by atoms with Crippen LogP contribution in [-0.4, -0.2) is 6.71 Å². The van der Waals surface area contributed by atoms with E-state index in [2.05, 4.69) is 139 Å². The summed E-state index contributed by atoms with van der Waals surface area (Å²) < 4.78 is 13.4. The van der Waals surface area contributed by atoms with Crippen molar-refractivity contribution < 1.29 is 9.47 Å². The van der Waals surface area contributed by atoms with Gasteiger partial charge < -0.3 is 14.4 Å². The van der Waals surface area contributed by atoms with E-state index in [0.29, 0.717) is 0 Å². The van der Waals surface area contributed by atoms with Crippen LogP contribution in [0.3, 0.4) is 0 Å². The van der Waals surface area contributed by atoms with Crippen LogP contribution in [0.4, 0.5) is 17.1 Å². The molecule has 1 aliphatic carbocycles. The molecule has 9 rings (SSSR count). The van der Waals surface area contributed by atoms with Crippen LogP contribution in [0.25, 0.3) is 11.1 Å². The summed E-state index contributed by atoms with van der Waals surface area (Å²) in [6.45, 7) is 2.19. The minimum absolute atomic E-state index is 0.0513. The summed E-state index contributed by atoms with van der Waals surface area (Å²) in [4.78, 5) is 2.40. The van der Waals surface area contributed by atoms with Gasteiger partial charge in [-0.05, 0) is 90.6 Å². The van der Waals surface area contributed by atoms with Crippen LogP contribution in [0.15, 0.2) is 127 Å². The molecule has 0 bridgehead atoms. The van der Waals surface area contributed by atoms with Crippen molar-refractivity contribution in [3.63, 3.8) is 0 Å². The van der Waals surface area contributed by atoms with Crippen LogP contribution >= 0.6 is 0 Å². The lowest BCUT2D eigenvalue weighted by atomic mass is 9.35. The van der Waals surface area contributed by atoms with E-state index >= 15 is 0 Å². The van der Waals surface area contributed by atoms with Crippen LogP contribution in [0.2, 0.25) is 0 Å². The smallest absolute Gasteiger partial charge is 0.260 e. The Morgan fingerprint density at radius 2 is 1.20 bits per heavy atom. The fraction of sp³-hybridized carbons (Fsp3) is 0.122. The first-order valence-corrected chi connectivity index (χ1v) is 16.0. The molecule has 45 heavy (non-hydrogen) atoms. The predicted octanol–water partition coefficient (Wildman–Crippen LogP) is 8.74. The number of rotatable bonds is 4. The van der Waals surface area contributed by atoms with Gasteiger partial charge in [-0.2, -0.15) is 0 Å². The Bertz CT molecular complexity index is 2020. The predicted molar refractivity (Wildman–Crippen MR) is 186 cm³/mol. The van der Waals surface area contributed by atoms with Crippen molar-refractivity contribution >= 4 is 40.2 Å². The topological polar surface area (TPSA) is 21.7 Å². The second-order valence-corrected chi connectivity index (χ2v) is 12.4. The zero-order valence-corrected chi connectivity index (χ0v) is 25.3. The third-order valence-electron chi connectivity index (χ3n) is 9.64. The van der Waals surface area contributed by atoms with Gasteiger partial charge in [-0.15, -0.1) is 0 Å². The van der Waals surface area contributed by atoms with Gasteiger partial charge in [-0.3, -0.25) is 0 Å². The standard InChI is InChI=1S/C41H32BNO2/c1-27-19-22-30(23-20-27)43(35-24-21-28-11-5-6-14-32(28)40(35)29-12-3-2-4-13-29)31-25-38-41-39(26-31)45-37-18-10-8-16-34(37)42(41)33-15-7-9-17-36(33)44-38/h2-4,7-10,12-13,15-26H,5-6,11,14H2,1H3. The number of hydrogen-bond donors (Lipinski definition) is 0. The fourth-order valence-electron chi connectivity index (χ4n) is 7.56. The summed E-state index contributed by atoms with van der Waals surface area (Å²) in [5, 5.41) is 0. The fourth-order valence-corrected chi connectivity index (χ4v) is 7.56. The number of para-hydroxylation sites is 2. The minimum atomic E-state index is 0.0513. The molecule has 0 amide bonds. The summed E-state index contributed by atoms with van der Waals surface area (Å²) in [7, 11) is 0. The summed E-state index contributed by atoms with van der Waals surface area (Å²) in [5.74, 6) is 3.49. The Kier molecular flexibility index (Phi) is 6.09. The largest absolute Gasteiger partial charge is 0.458 e. The molecular weight excluding hydrogens is 549 g/mol. The van der Waals surface area contributed by atoms with Gasteiger partial charge in [0.1, 0.15) is 23.0 Å². The molecule has 216 valence electrons. The molecule has 6 aromatic rings. The van der Waals surface area contributed by atoms with Gasteiger partial charge in [0, 0.05) is 28.8 Å². The van der Waals surface area contributed by atoms with Gasteiger partial charge in [-0.25, -0.2) is 0 Å². The van der Waals surface area contributed by atoms with E-state index in [1.54, 1.807) is 0 Å². The molecule has 0 spiro atoms. The first-order valence-electron chi connectivity index (χ1n) is 16.0. The highest BCUT2D eigenvalue weighted by Gasteiger charge is 2.40. The van der Waals surface area contributed by atoms with E-state index < -0.39 is 0 Å². The quantitative estimate of drug-likeness (QED) is 0.194. The normalized spacial score (nSPS) is 13.8. The maximum absolute atomic E-state index is 6.72. The SMILES string of the molecule is Cc1ccc(N(c2cc3c4c(c2)Oc2ccccc2B4c2ccccc2O3)c2ccc3c(c2-c2ccccc2)CCCC3)cc1. The zero-order chi connectivity index (χ0) is 29.9. The van der Waals surface area contributed by atoms with E-state index in [1.807, 2.05) is 0 Å². The maximum atomic E-state index is 6.72. The molecule has 2 aliphatic heterocycles. The highest BCUT2D eigenvalue weighted by Crippen LogP contribution is 2.47. The van der Waals surface area contributed by atoms with Crippen LogP contribution in [0.1, 0.15) is 29.5 Å². The molecule has 0 fully saturated rings. The number of nitrogens with zero attached hydrogens (tertiary/aromatic N) is 1. The number of anilines is 3. The lowest BCUT2D eigenvalue weighted by Gasteiger charge is -2.35. The molecule has 0 unspecified atom stereocenters. The number of benzene rings is 6. The van der Waals surface area contributed by atoms with E-state index in [1.165, 1.54) is 57.3 Å². The van der Waals surface area contributed by atoms with Gasteiger partial charge in [0.2, 0.25) is 0 Å². The Balaban J connectivity index is 1.31. The zero-order valence-electron chi connectivity index (χ0n) is 25.3. The number of hydrogen-bond acceptors (Lipinski definition) is 3. The average Bonchev–Trinajstić information content (AvgIpc) is 3.09. The van der Waals surface area contributed by atoms with Gasteiger partial charge in [0.25, 0.3) is 6.71 Å². The second kappa shape index (κ2) is 10.5. The molecule has 3 aliphatic rings. The van der Waals surface area contributed by atoms with E-state index in [-0.39, 0.29) is 6.71 Å². The molecule has 4 heteroatoms. The Morgan fingerprint density at radius 1 is 0.578 bits per heavy atom.